The number of thiazole rings is 1. The molecule has 3 N–H and O–H groups in total. The number of aromatic nitrogens is 1. The molecular weight excluding hydrogens is 242 g/mol. The van der Waals surface area contributed by atoms with Crippen molar-refractivity contribution in [1.82, 2.24) is 10.3 Å². The van der Waals surface area contributed by atoms with Crippen LogP contribution < -0.4 is 11.1 Å². The Morgan fingerprint density at radius 2 is 2.24 bits per heavy atom. The van der Waals surface area contributed by atoms with E-state index in [9.17, 15) is 9.59 Å². The lowest BCUT2D eigenvalue weighted by Gasteiger charge is -1.98. The third-order valence-corrected chi connectivity index (χ3v) is 3.02. The molecule has 17 heavy (non-hydrogen) atoms. The lowest BCUT2D eigenvalue weighted by Crippen LogP contribution is -2.28. The Bertz CT molecular complexity index is 417. The highest BCUT2D eigenvalue weighted by atomic mass is 32.1. The molecule has 0 unspecified atom stereocenters. The summed E-state index contributed by atoms with van der Waals surface area (Å²) < 4.78 is 4.86. The van der Waals surface area contributed by atoms with E-state index in [1.165, 1.54) is 0 Å². The standard InChI is InChI=1S/C10H15N3O3S/c1-3-16-10(15)7-6(2)13-9(17-7)8(14)12-5-4-11/h3-5,11H2,1-2H3,(H,12,14). The van der Waals surface area contributed by atoms with Crippen LogP contribution in [0, 0.1) is 6.92 Å². The first-order valence-corrected chi connectivity index (χ1v) is 6.04. The molecule has 94 valence electrons. The zero-order chi connectivity index (χ0) is 12.8. The van der Waals surface area contributed by atoms with Crippen molar-refractivity contribution in [1.29, 1.82) is 0 Å². The van der Waals surface area contributed by atoms with E-state index >= 15 is 0 Å². The quantitative estimate of drug-likeness (QED) is 0.741. The van der Waals surface area contributed by atoms with Crippen LogP contribution in [0.3, 0.4) is 0 Å². The van der Waals surface area contributed by atoms with Crippen LogP contribution >= 0.6 is 11.3 Å². The number of nitrogens with one attached hydrogen (secondary N) is 1. The minimum atomic E-state index is -0.444. The number of nitrogens with two attached hydrogens (primary N) is 1. The summed E-state index contributed by atoms with van der Waals surface area (Å²) in [4.78, 5) is 27.5. The van der Waals surface area contributed by atoms with E-state index in [4.69, 9.17) is 10.5 Å². The molecule has 0 bridgehead atoms. The second-order valence-electron chi connectivity index (χ2n) is 3.20. The minimum Gasteiger partial charge on any atom is -0.462 e. The molecule has 0 aromatic carbocycles. The van der Waals surface area contributed by atoms with E-state index in [0.717, 1.165) is 11.3 Å². The van der Waals surface area contributed by atoms with Crippen molar-refractivity contribution >= 4 is 23.2 Å². The predicted octanol–water partition coefficient (Wildman–Crippen LogP) is 0.317. The molecule has 0 fully saturated rings. The zero-order valence-corrected chi connectivity index (χ0v) is 10.6. The van der Waals surface area contributed by atoms with Gasteiger partial charge >= 0.3 is 5.97 Å². The second-order valence-corrected chi connectivity index (χ2v) is 4.20. The van der Waals surface area contributed by atoms with Crippen molar-refractivity contribution in [2.75, 3.05) is 19.7 Å². The van der Waals surface area contributed by atoms with Crippen molar-refractivity contribution < 1.29 is 14.3 Å². The number of nitrogens with zero attached hydrogens (tertiary/aromatic N) is 1. The van der Waals surface area contributed by atoms with Crippen molar-refractivity contribution in [2.45, 2.75) is 13.8 Å². The molecule has 0 aliphatic heterocycles. The number of carbonyl (C=O) groups excluding carboxylic acids is 2. The summed E-state index contributed by atoms with van der Waals surface area (Å²) in [6, 6.07) is 0. The maximum Gasteiger partial charge on any atom is 0.350 e. The van der Waals surface area contributed by atoms with Gasteiger partial charge in [-0.1, -0.05) is 0 Å². The fourth-order valence-corrected chi connectivity index (χ4v) is 2.02. The van der Waals surface area contributed by atoms with Crippen LogP contribution in [-0.4, -0.2) is 36.6 Å². The summed E-state index contributed by atoms with van der Waals surface area (Å²) in [5.74, 6) is -0.764. The fourth-order valence-electron chi connectivity index (χ4n) is 1.14. The van der Waals surface area contributed by atoms with Gasteiger partial charge in [0.25, 0.3) is 5.91 Å². The molecule has 1 heterocycles. The number of esters is 1. The van der Waals surface area contributed by atoms with Crippen molar-refractivity contribution in [3.8, 4) is 0 Å². The molecule has 0 aliphatic rings. The molecule has 1 aromatic heterocycles. The van der Waals surface area contributed by atoms with Crippen LogP contribution in [0.15, 0.2) is 0 Å². The molecule has 1 amide bonds. The van der Waals surface area contributed by atoms with Gasteiger partial charge in [-0.3, -0.25) is 4.79 Å². The Hall–Kier alpha value is -1.47. The van der Waals surface area contributed by atoms with Crippen molar-refractivity contribution in [3.05, 3.63) is 15.6 Å². The molecule has 0 saturated heterocycles. The van der Waals surface area contributed by atoms with E-state index in [-0.39, 0.29) is 10.9 Å². The van der Waals surface area contributed by atoms with Crippen molar-refractivity contribution in [2.24, 2.45) is 5.73 Å². The van der Waals surface area contributed by atoms with Crippen molar-refractivity contribution in [3.63, 3.8) is 0 Å². The van der Waals surface area contributed by atoms with E-state index in [1.807, 2.05) is 0 Å². The lowest BCUT2D eigenvalue weighted by atomic mass is 10.4. The largest absolute Gasteiger partial charge is 0.462 e. The summed E-state index contributed by atoms with van der Waals surface area (Å²) in [6.07, 6.45) is 0. The molecule has 0 atom stereocenters. The number of amides is 1. The third kappa shape index (κ3) is 3.50. The van der Waals surface area contributed by atoms with Crippen LogP contribution in [0.1, 0.15) is 32.1 Å². The highest BCUT2D eigenvalue weighted by molar-refractivity contribution is 7.15. The highest BCUT2D eigenvalue weighted by Crippen LogP contribution is 2.18. The normalized spacial score (nSPS) is 10.1. The number of aryl methyl sites for hydroxylation is 1. The maximum atomic E-state index is 11.6. The average Bonchev–Trinajstić information content (AvgIpc) is 2.68. The number of rotatable bonds is 5. The Kier molecular flexibility index (Phi) is 5.05. The van der Waals surface area contributed by atoms with Crippen LogP contribution in [0.4, 0.5) is 0 Å². The summed E-state index contributed by atoms with van der Waals surface area (Å²) in [5, 5.41) is 2.84. The van der Waals surface area contributed by atoms with Gasteiger partial charge in [0.2, 0.25) is 0 Å². The topological polar surface area (TPSA) is 94.3 Å². The lowest BCUT2D eigenvalue weighted by molar-refractivity contribution is 0.0531. The van der Waals surface area contributed by atoms with Gasteiger partial charge in [0.05, 0.1) is 12.3 Å². The first kappa shape index (κ1) is 13.6. The van der Waals surface area contributed by atoms with Gasteiger partial charge < -0.3 is 15.8 Å². The fraction of sp³-hybridized carbons (Fsp3) is 0.500. The van der Waals surface area contributed by atoms with Gasteiger partial charge in [0.15, 0.2) is 5.01 Å². The van der Waals surface area contributed by atoms with Gasteiger partial charge in [-0.15, -0.1) is 11.3 Å². The Labute approximate surface area is 103 Å². The molecular formula is C10H15N3O3S. The van der Waals surface area contributed by atoms with Gasteiger partial charge in [-0.25, -0.2) is 9.78 Å². The molecule has 7 heteroatoms. The number of hydrogen-bond donors (Lipinski definition) is 2. The first-order chi connectivity index (χ1) is 8.10. The van der Waals surface area contributed by atoms with Gasteiger partial charge in [-0.05, 0) is 13.8 Å². The zero-order valence-electron chi connectivity index (χ0n) is 9.78. The molecule has 0 aliphatic carbocycles. The molecule has 6 nitrogen and oxygen atoms in total. The average molecular weight is 257 g/mol. The number of carbonyl (C=O) groups is 2. The Morgan fingerprint density at radius 1 is 1.53 bits per heavy atom. The van der Waals surface area contributed by atoms with Crippen LogP contribution in [0.25, 0.3) is 0 Å². The summed E-state index contributed by atoms with van der Waals surface area (Å²) in [6.45, 7) is 4.43. The summed E-state index contributed by atoms with van der Waals surface area (Å²) >= 11 is 1.03. The Morgan fingerprint density at radius 3 is 2.82 bits per heavy atom. The number of ether oxygens (including phenoxy) is 1. The van der Waals surface area contributed by atoms with Gasteiger partial charge in [0, 0.05) is 13.1 Å². The maximum absolute atomic E-state index is 11.6. The van der Waals surface area contributed by atoms with E-state index in [1.54, 1.807) is 13.8 Å². The van der Waals surface area contributed by atoms with E-state index < -0.39 is 5.97 Å². The molecule has 0 spiro atoms. The molecule has 0 radical (unpaired) electrons. The summed E-state index contributed by atoms with van der Waals surface area (Å²) in [5.41, 5.74) is 5.78. The minimum absolute atomic E-state index is 0.249. The Balaban J connectivity index is 2.80. The van der Waals surface area contributed by atoms with E-state index in [2.05, 4.69) is 10.3 Å². The second kappa shape index (κ2) is 6.31. The van der Waals surface area contributed by atoms with Crippen LogP contribution in [0.2, 0.25) is 0 Å². The van der Waals surface area contributed by atoms with E-state index in [0.29, 0.717) is 30.3 Å². The predicted molar refractivity (Wildman–Crippen MR) is 64.2 cm³/mol. The molecule has 0 saturated carbocycles. The van der Waals surface area contributed by atoms with Crippen LogP contribution in [0.5, 0.6) is 0 Å². The number of hydrogen-bond acceptors (Lipinski definition) is 6. The highest BCUT2D eigenvalue weighted by Gasteiger charge is 2.19. The SMILES string of the molecule is CCOC(=O)c1sc(C(=O)NCCN)nc1C. The smallest absolute Gasteiger partial charge is 0.350 e. The third-order valence-electron chi connectivity index (χ3n) is 1.88. The monoisotopic (exact) mass is 257 g/mol. The summed E-state index contributed by atoms with van der Waals surface area (Å²) in [7, 11) is 0. The van der Waals surface area contributed by atoms with Gasteiger partial charge in [0.1, 0.15) is 4.88 Å². The van der Waals surface area contributed by atoms with Gasteiger partial charge in [-0.2, -0.15) is 0 Å². The molecule has 1 rings (SSSR count). The molecule has 1 aromatic rings. The van der Waals surface area contributed by atoms with Crippen LogP contribution in [-0.2, 0) is 4.74 Å². The first-order valence-electron chi connectivity index (χ1n) is 5.23.